The predicted octanol–water partition coefficient (Wildman–Crippen LogP) is 5.70. The van der Waals surface area contributed by atoms with Crippen molar-refractivity contribution in [2.24, 2.45) is 0 Å². The number of thioether (sulfide) groups is 1. The third-order valence-electron chi connectivity index (χ3n) is 4.14. The Balaban J connectivity index is 1.52. The Labute approximate surface area is 193 Å². The summed E-state index contributed by atoms with van der Waals surface area (Å²) >= 11 is 14.5. The molecule has 0 aliphatic heterocycles. The van der Waals surface area contributed by atoms with E-state index in [9.17, 15) is 14.9 Å². The zero-order valence-corrected chi connectivity index (χ0v) is 18.6. The Morgan fingerprint density at radius 3 is 2.68 bits per heavy atom. The first-order chi connectivity index (χ1) is 14.9. The first-order valence-corrected chi connectivity index (χ1v) is 11.2. The Morgan fingerprint density at radius 2 is 1.94 bits per heavy atom. The van der Waals surface area contributed by atoms with Crippen LogP contribution in [0.3, 0.4) is 0 Å². The van der Waals surface area contributed by atoms with Crippen molar-refractivity contribution in [3.63, 3.8) is 0 Å². The van der Waals surface area contributed by atoms with E-state index in [2.05, 4.69) is 19.7 Å². The standard InChI is InChI=1S/C19H11Cl2N5O3S2/c20-12-2-1-3-13(15(12)21)24-14(27)8-30-19-18-17(22-9-23-19)16(25-31-18)10-4-6-11(7-5-10)26(28)29/h1-7,9H,8H2,(H,24,27). The van der Waals surface area contributed by atoms with Gasteiger partial charge in [-0.2, -0.15) is 4.37 Å². The number of nitro groups is 1. The van der Waals surface area contributed by atoms with Crippen molar-refractivity contribution >= 4 is 74.0 Å². The van der Waals surface area contributed by atoms with Gasteiger partial charge in [0.05, 0.1) is 26.4 Å². The number of amides is 1. The highest BCUT2D eigenvalue weighted by Gasteiger charge is 2.17. The van der Waals surface area contributed by atoms with E-state index < -0.39 is 4.92 Å². The van der Waals surface area contributed by atoms with E-state index in [1.807, 2.05) is 0 Å². The molecule has 0 atom stereocenters. The second-order valence-electron chi connectivity index (χ2n) is 6.13. The van der Waals surface area contributed by atoms with Crippen molar-refractivity contribution in [3.05, 3.63) is 69.0 Å². The number of non-ortho nitro benzene ring substituents is 1. The summed E-state index contributed by atoms with van der Waals surface area (Å²) < 4.78 is 5.17. The average Bonchev–Trinajstić information content (AvgIpc) is 3.20. The number of aromatic nitrogens is 3. The SMILES string of the molecule is O=C(CSc1ncnc2c(-c3ccc([N+](=O)[O-])cc3)nsc12)Nc1cccc(Cl)c1Cl. The number of carbonyl (C=O) groups is 1. The fraction of sp³-hybridized carbons (Fsp3) is 0.0526. The molecule has 4 aromatic rings. The van der Waals surface area contributed by atoms with E-state index in [0.29, 0.717) is 32.5 Å². The van der Waals surface area contributed by atoms with Crippen LogP contribution in [0.4, 0.5) is 11.4 Å². The van der Waals surface area contributed by atoms with Crippen LogP contribution in [-0.2, 0) is 4.79 Å². The summed E-state index contributed by atoms with van der Waals surface area (Å²) in [4.78, 5) is 31.3. The lowest BCUT2D eigenvalue weighted by Gasteiger charge is -2.08. The van der Waals surface area contributed by atoms with E-state index in [0.717, 1.165) is 4.70 Å². The van der Waals surface area contributed by atoms with E-state index in [4.69, 9.17) is 23.2 Å². The molecule has 0 radical (unpaired) electrons. The fourth-order valence-electron chi connectivity index (χ4n) is 2.70. The maximum absolute atomic E-state index is 12.4. The Bertz CT molecular complexity index is 1300. The van der Waals surface area contributed by atoms with Crippen molar-refractivity contribution in [1.29, 1.82) is 0 Å². The highest BCUT2D eigenvalue weighted by Crippen LogP contribution is 2.35. The third kappa shape index (κ3) is 4.62. The van der Waals surface area contributed by atoms with Gasteiger partial charge in [-0.1, -0.05) is 41.0 Å². The number of nitrogens with one attached hydrogen (secondary N) is 1. The van der Waals surface area contributed by atoms with Gasteiger partial charge in [-0.05, 0) is 35.8 Å². The van der Waals surface area contributed by atoms with Crippen LogP contribution in [0.1, 0.15) is 0 Å². The molecule has 0 aliphatic carbocycles. The average molecular weight is 492 g/mol. The molecule has 156 valence electrons. The zero-order chi connectivity index (χ0) is 22.0. The van der Waals surface area contributed by atoms with Gasteiger partial charge >= 0.3 is 0 Å². The molecule has 1 amide bonds. The van der Waals surface area contributed by atoms with Crippen molar-refractivity contribution in [1.82, 2.24) is 14.3 Å². The maximum Gasteiger partial charge on any atom is 0.269 e. The van der Waals surface area contributed by atoms with Crippen LogP contribution in [0, 0.1) is 10.1 Å². The van der Waals surface area contributed by atoms with Crippen LogP contribution < -0.4 is 5.32 Å². The summed E-state index contributed by atoms with van der Waals surface area (Å²) in [5.74, 6) is -0.166. The molecule has 2 heterocycles. The first-order valence-electron chi connectivity index (χ1n) is 8.66. The van der Waals surface area contributed by atoms with E-state index in [1.165, 1.54) is 41.8 Å². The van der Waals surface area contributed by atoms with E-state index in [1.54, 1.807) is 30.3 Å². The minimum Gasteiger partial charge on any atom is -0.324 e. The smallest absolute Gasteiger partial charge is 0.269 e. The summed E-state index contributed by atoms with van der Waals surface area (Å²) in [7, 11) is 0. The molecular formula is C19H11Cl2N5O3S2. The molecule has 31 heavy (non-hydrogen) atoms. The van der Waals surface area contributed by atoms with Gasteiger partial charge in [0.25, 0.3) is 5.69 Å². The Kier molecular flexibility index (Phi) is 6.33. The molecule has 0 spiro atoms. The highest BCUT2D eigenvalue weighted by molar-refractivity contribution is 8.00. The van der Waals surface area contributed by atoms with Crippen molar-refractivity contribution < 1.29 is 9.72 Å². The Morgan fingerprint density at radius 1 is 1.16 bits per heavy atom. The summed E-state index contributed by atoms with van der Waals surface area (Å²) in [6.07, 6.45) is 1.40. The number of halogens is 2. The van der Waals surface area contributed by atoms with Gasteiger partial charge < -0.3 is 5.32 Å². The second-order valence-corrected chi connectivity index (χ2v) is 8.65. The molecule has 8 nitrogen and oxygen atoms in total. The predicted molar refractivity (Wildman–Crippen MR) is 123 cm³/mol. The lowest BCUT2D eigenvalue weighted by atomic mass is 10.1. The number of hydrogen-bond acceptors (Lipinski definition) is 8. The van der Waals surface area contributed by atoms with E-state index in [-0.39, 0.29) is 22.4 Å². The van der Waals surface area contributed by atoms with Crippen molar-refractivity contribution in [3.8, 4) is 11.3 Å². The highest BCUT2D eigenvalue weighted by atomic mass is 35.5. The minimum absolute atomic E-state index is 0.0000232. The topological polar surface area (TPSA) is 111 Å². The largest absolute Gasteiger partial charge is 0.324 e. The molecule has 0 fully saturated rings. The molecular weight excluding hydrogens is 481 g/mol. The van der Waals surface area contributed by atoms with Gasteiger partial charge in [-0.25, -0.2) is 9.97 Å². The minimum atomic E-state index is -0.457. The van der Waals surface area contributed by atoms with Gasteiger partial charge in [0.1, 0.15) is 27.3 Å². The molecule has 12 heteroatoms. The van der Waals surface area contributed by atoms with Crippen LogP contribution in [0.15, 0.2) is 53.8 Å². The molecule has 0 saturated heterocycles. The number of benzene rings is 2. The molecule has 0 aliphatic rings. The normalized spacial score (nSPS) is 10.9. The van der Waals surface area contributed by atoms with Crippen LogP contribution in [0.2, 0.25) is 10.0 Å². The molecule has 1 N–H and O–H groups in total. The van der Waals surface area contributed by atoms with Crippen LogP contribution >= 0.6 is 46.5 Å². The number of anilines is 1. The van der Waals surface area contributed by atoms with Gasteiger partial charge in [0.15, 0.2) is 0 Å². The number of nitrogens with zero attached hydrogens (tertiary/aromatic N) is 4. The van der Waals surface area contributed by atoms with Crippen LogP contribution in [0.25, 0.3) is 21.5 Å². The maximum atomic E-state index is 12.4. The molecule has 2 aromatic carbocycles. The summed E-state index contributed by atoms with van der Waals surface area (Å²) in [5.41, 5.74) is 2.37. The first kappa shape index (κ1) is 21.4. The van der Waals surface area contributed by atoms with Crippen molar-refractivity contribution in [2.45, 2.75) is 5.03 Å². The summed E-state index contributed by atoms with van der Waals surface area (Å²) in [6.45, 7) is 0. The zero-order valence-electron chi connectivity index (χ0n) is 15.4. The molecule has 0 unspecified atom stereocenters. The lowest BCUT2D eigenvalue weighted by Crippen LogP contribution is -2.14. The quantitative estimate of drug-likeness (QED) is 0.159. The van der Waals surface area contributed by atoms with Gasteiger partial charge in [0, 0.05) is 17.7 Å². The monoisotopic (exact) mass is 491 g/mol. The molecule has 2 aromatic heterocycles. The van der Waals surface area contributed by atoms with Gasteiger partial charge in [0.2, 0.25) is 5.91 Å². The third-order valence-corrected chi connectivity index (χ3v) is 6.92. The van der Waals surface area contributed by atoms with Gasteiger partial charge in [-0.15, -0.1) is 0 Å². The Hall–Kier alpha value is -2.79. The number of carbonyl (C=O) groups excluding carboxylic acids is 1. The molecule has 0 bridgehead atoms. The number of hydrogen-bond donors (Lipinski definition) is 1. The van der Waals surface area contributed by atoms with E-state index >= 15 is 0 Å². The number of nitro benzene ring substituents is 1. The molecule has 0 saturated carbocycles. The second kappa shape index (κ2) is 9.15. The number of fused-ring (bicyclic) bond motifs is 1. The van der Waals surface area contributed by atoms with Gasteiger partial charge in [-0.3, -0.25) is 14.9 Å². The summed E-state index contributed by atoms with van der Waals surface area (Å²) in [6, 6.07) is 11.1. The van der Waals surface area contributed by atoms with Crippen LogP contribution in [-0.4, -0.2) is 30.9 Å². The van der Waals surface area contributed by atoms with Crippen molar-refractivity contribution in [2.75, 3.05) is 11.1 Å². The van der Waals surface area contributed by atoms with Crippen LogP contribution in [0.5, 0.6) is 0 Å². The number of rotatable bonds is 6. The lowest BCUT2D eigenvalue weighted by molar-refractivity contribution is -0.384. The summed E-state index contributed by atoms with van der Waals surface area (Å²) in [5, 5.41) is 14.8. The molecule has 4 rings (SSSR count). The fourth-order valence-corrected chi connectivity index (χ4v) is 4.76.